The lowest BCUT2D eigenvalue weighted by Gasteiger charge is -2.09. The van der Waals surface area contributed by atoms with Crippen molar-refractivity contribution in [1.29, 1.82) is 0 Å². The van der Waals surface area contributed by atoms with E-state index in [1.807, 2.05) is 0 Å². The van der Waals surface area contributed by atoms with Crippen LogP contribution in [0.5, 0.6) is 0 Å². The fraction of sp³-hybridized carbons (Fsp3) is 0.222. The molecule has 0 radical (unpaired) electrons. The van der Waals surface area contributed by atoms with Gasteiger partial charge in [-0.3, -0.25) is 9.59 Å². The van der Waals surface area contributed by atoms with E-state index in [1.165, 1.54) is 31.3 Å². The van der Waals surface area contributed by atoms with Gasteiger partial charge in [0.1, 0.15) is 0 Å². The molecule has 1 fully saturated rings. The second-order valence-corrected chi connectivity index (χ2v) is 7.92. The van der Waals surface area contributed by atoms with Crippen molar-refractivity contribution in [3.05, 3.63) is 54.1 Å². The van der Waals surface area contributed by atoms with Crippen molar-refractivity contribution in [1.82, 2.24) is 4.72 Å². The SMILES string of the molecule is CNS(=O)(=O)c1cccc(C(=O)Nc2ccc(NC(=O)C3CC3)cc2)c1. The molecule has 8 heteroatoms. The minimum absolute atomic E-state index is 0.0179. The zero-order valence-corrected chi connectivity index (χ0v) is 15.0. The Morgan fingerprint density at radius 2 is 1.58 bits per heavy atom. The molecule has 0 saturated heterocycles. The molecule has 0 bridgehead atoms. The molecule has 3 N–H and O–H groups in total. The van der Waals surface area contributed by atoms with Gasteiger partial charge in [-0.05, 0) is 62.4 Å². The van der Waals surface area contributed by atoms with E-state index in [4.69, 9.17) is 0 Å². The number of sulfonamides is 1. The van der Waals surface area contributed by atoms with Gasteiger partial charge in [0.25, 0.3) is 5.91 Å². The topological polar surface area (TPSA) is 104 Å². The number of benzene rings is 2. The summed E-state index contributed by atoms with van der Waals surface area (Å²) in [6.07, 6.45) is 1.87. The summed E-state index contributed by atoms with van der Waals surface area (Å²) in [5.74, 6) is -0.284. The van der Waals surface area contributed by atoms with Gasteiger partial charge in [0, 0.05) is 22.9 Å². The second kappa shape index (κ2) is 7.27. The Morgan fingerprint density at radius 3 is 2.15 bits per heavy atom. The van der Waals surface area contributed by atoms with E-state index in [-0.39, 0.29) is 22.3 Å². The number of rotatable bonds is 6. The average molecular weight is 373 g/mol. The first-order chi connectivity index (χ1) is 12.4. The van der Waals surface area contributed by atoms with Gasteiger partial charge < -0.3 is 10.6 Å². The zero-order chi connectivity index (χ0) is 18.7. The molecule has 0 atom stereocenters. The van der Waals surface area contributed by atoms with Crippen LogP contribution < -0.4 is 15.4 Å². The maximum absolute atomic E-state index is 12.3. The monoisotopic (exact) mass is 373 g/mol. The Labute approximate surface area is 151 Å². The van der Waals surface area contributed by atoms with E-state index in [0.717, 1.165) is 12.8 Å². The molecule has 136 valence electrons. The molecule has 0 heterocycles. The normalized spacial score (nSPS) is 13.9. The molecule has 2 aromatic carbocycles. The Hall–Kier alpha value is -2.71. The highest BCUT2D eigenvalue weighted by Gasteiger charge is 2.29. The Kier molecular flexibility index (Phi) is 5.06. The summed E-state index contributed by atoms with van der Waals surface area (Å²) in [6, 6.07) is 12.5. The molecule has 0 unspecified atom stereocenters. The van der Waals surface area contributed by atoms with Crippen LogP contribution in [0.3, 0.4) is 0 Å². The van der Waals surface area contributed by atoms with Crippen molar-refractivity contribution in [2.45, 2.75) is 17.7 Å². The van der Waals surface area contributed by atoms with Crippen LogP contribution in [0.4, 0.5) is 11.4 Å². The van der Waals surface area contributed by atoms with Crippen LogP contribution in [0.25, 0.3) is 0 Å². The predicted molar refractivity (Wildman–Crippen MR) is 98.4 cm³/mol. The van der Waals surface area contributed by atoms with Gasteiger partial charge in [-0.2, -0.15) is 0 Å². The third-order valence-corrected chi connectivity index (χ3v) is 5.45. The molecule has 7 nitrogen and oxygen atoms in total. The van der Waals surface area contributed by atoms with Crippen LogP contribution in [0.15, 0.2) is 53.4 Å². The van der Waals surface area contributed by atoms with E-state index >= 15 is 0 Å². The van der Waals surface area contributed by atoms with Crippen LogP contribution in [-0.2, 0) is 14.8 Å². The molecular formula is C18H19N3O4S. The lowest BCUT2D eigenvalue weighted by molar-refractivity contribution is -0.117. The third kappa shape index (κ3) is 4.27. The first kappa shape index (κ1) is 18.1. The molecule has 26 heavy (non-hydrogen) atoms. The van der Waals surface area contributed by atoms with Crippen LogP contribution in [-0.4, -0.2) is 27.3 Å². The first-order valence-corrected chi connectivity index (χ1v) is 9.63. The molecule has 2 amide bonds. The van der Waals surface area contributed by atoms with Gasteiger partial charge in [-0.15, -0.1) is 0 Å². The van der Waals surface area contributed by atoms with E-state index in [1.54, 1.807) is 24.3 Å². The highest BCUT2D eigenvalue weighted by Crippen LogP contribution is 2.30. The zero-order valence-electron chi connectivity index (χ0n) is 14.2. The van der Waals surface area contributed by atoms with Crippen molar-refractivity contribution in [2.75, 3.05) is 17.7 Å². The predicted octanol–water partition coefficient (Wildman–Crippen LogP) is 2.20. The van der Waals surface area contributed by atoms with E-state index < -0.39 is 15.9 Å². The first-order valence-electron chi connectivity index (χ1n) is 8.15. The lowest BCUT2D eigenvalue weighted by atomic mass is 10.2. The van der Waals surface area contributed by atoms with Crippen molar-refractivity contribution >= 4 is 33.2 Å². The highest BCUT2D eigenvalue weighted by molar-refractivity contribution is 7.89. The summed E-state index contributed by atoms with van der Waals surface area (Å²) >= 11 is 0. The second-order valence-electron chi connectivity index (χ2n) is 6.03. The number of carbonyl (C=O) groups excluding carboxylic acids is 2. The molecule has 2 aromatic rings. The smallest absolute Gasteiger partial charge is 0.255 e. The molecular weight excluding hydrogens is 354 g/mol. The van der Waals surface area contributed by atoms with Crippen molar-refractivity contribution < 1.29 is 18.0 Å². The van der Waals surface area contributed by atoms with Crippen LogP contribution in [0.1, 0.15) is 23.2 Å². The van der Waals surface area contributed by atoms with Crippen LogP contribution in [0.2, 0.25) is 0 Å². The summed E-state index contributed by atoms with van der Waals surface area (Å²) in [7, 11) is -2.31. The molecule has 1 aliphatic carbocycles. The molecule has 3 rings (SSSR count). The number of hydrogen-bond acceptors (Lipinski definition) is 4. The van der Waals surface area contributed by atoms with E-state index in [0.29, 0.717) is 11.4 Å². The number of nitrogens with one attached hydrogen (secondary N) is 3. The van der Waals surface area contributed by atoms with E-state index in [9.17, 15) is 18.0 Å². The number of amides is 2. The standard InChI is InChI=1S/C18H19N3O4S/c1-19-26(24,25)16-4-2-3-13(11-16)18(23)21-15-9-7-14(8-10-15)20-17(22)12-5-6-12/h2-4,7-12,19H,5-6H2,1H3,(H,20,22)(H,21,23). The number of carbonyl (C=O) groups is 2. The lowest BCUT2D eigenvalue weighted by Crippen LogP contribution is -2.19. The summed E-state index contributed by atoms with van der Waals surface area (Å²) in [4.78, 5) is 24.1. The fourth-order valence-electron chi connectivity index (χ4n) is 2.35. The van der Waals surface area contributed by atoms with Crippen LogP contribution >= 0.6 is 0 Å². The third-order valence-electron chi connectivity index (χ3n) is 4.03. The Morgan fingerprint density at radius 1 is 0.962 bits per heavy atom. The molecule has 0 aliphatic heterocycles. The highest BCUT2D eigenvalue weighted by atomic mass is 32.2. The van der Waals surface area contributed by atoms with Gasteiger partial charge in [0.2, 0.25) is 15.9 Å². The van der Waals surface area contributed by atoms with Crippen LogP contribution in [0, 0.1) is 5.92 Å². The maximum atomic E-state index is 12.3. The molecule has 1 saturated carbocycles. The van der Waals surface area contributed by atoms with Gasteiger partial charge in [0.05, 0.1) is 4.90 Å². The average Bonchev–Trinajstić information content (AvgIpc) is 3.48. The van der Waals surface area contributed by atoms with Crippen molar-refractivity contribution in [3.63, 3.8) is 0 Å². The van der Waals surface area contributed by atoms with E-state index in [2.05, 4.69) is 15.4 Å². The summed E-state index contributed by atoms with van der Waals surface area (Å²) in [5.41, 5.74) is 1.44. The quantitative estimate of drug-likeness (QED) is 0.722. The number of hydrogen-bond donors (Lipinski definition) is 3. The number of anilines is 2. The summed E-state index contributed by atoms with van der Waals surface area (Å²) < 4.78 is 25.9. The molecule has 1 aliphatic rings. The van der Waals surface area contributed by atoms with Gasteiger partial charge in [-0.1, -0.05) is 6.07 Å². The summed E-state index contributed by atoms with van der Waals surface area (Å²) in [5, 5.41) is 5.52. The van der Waals surface area contributed by atoms with Crippen molar-refractivity contribution in [3.8, 4) is 0 Å². The molecule has 0 spiro atoms. The van der Waals surface area contributed by atoms with Gasteiger partial charge in [-0.25, -0.2) is 13.1 Å². The Balaban J connectivity index is 1.68. The minimum atomic E-state index is -3.62. The van der Waals surface area contributed by atoms with Crippen molar-refractivity contribution in [2.24, 2.45) is 5.92 Å². The Bertz CT molecular complexity index is 935. The largest absolute Gasteiger partial charge is 0.326 e. The maximum Gasteiger partial charge on any atom is 0.255 e. The van der Waals surface area contributed by atoms with Gasteiger partial charge >= 0.3 is 0 Å². The summed E-state index contributed by atoms with van der Waals surface area (Å²) in [6.45, 7) is 0. The fourth-order valence-corrected chi connectivity index (χ4v) is 3.13. The molecule has 0 aromatic heterocycles. The van der Waals surface area contributed by atoms with Gasteiger partial charge in [0.15, 0.2) is 0 Å². The minimum Gasteiger partial charge on any atom is -0.326 e.